The number of halogens is 1. The Balaban J connectivity index is 0.00000392. The van der Waals surface area contributed by atoms with Gasteiger partial charge in [0.25, 0.3) is 0 Å². The second-order valence-corrected chi connectivity index (χ2v) is 8.33. The number of ether oxygens (including phenoxy) is 1. The molecule has 1 aliphatic heterocycles. The van der Waals surface area contributed by atoms with E-state index >= 15 is 0 Å². The van der Waals surface area contributed by atoms with Crippen LogP contribution in [0.5, 0.6) is 0 Å². The molecule has 8 heteroatoms. The van der Waals surface area contributed by atoms with Crippen molar-refractivity contribution < 1.29 is 9.53 Å². The van der Waals surface area contributed by atoms with Gasteiger partial charge in [-0.2, -0.15) is 0 Å². The number of aliphatic imine (C=N–C) groups is 1. The molecule has 0 unspecified atom stereocenters. The minimum Gasteiger partial charge on any atom is -0.379 e. The highest BCUT2D eigenvalue weighted by molar-refractivity contribution is 14.0. The van der Waals surface area contributed by atoms with Crippen molar-refractivity contribution in [2.45, 2.75) is 45.6 Å². The largest absolute Gasteiger partial charge is 0.379 e. The van der Waals surface area contributed by atoms with Gasteiger partial charge < -0.3 is 20.3 Å². The fourth-order valence-electron chi connectivity index (χ4n) is 3.72. The Morgan fingerprint density at radius 3 is 2.39 bits per heavy atom. The monoisotopic (exact) mass is 509 g/mol. The molecule has 2 aliphatic rings. The Hall–Kier alpha value is -0.610. The highest BCUT2D eigenvalue weighted by atomic mass is 127. The van der Waals surface area contributed by atoms with Crippen molar-refractivity contribution in [1.82, 2.24) is 20.4 Å². The number of likely N-dealkylation sites (N-methyl/N-ethyl adjacent to an activating group) is 1. The number of carbonyl (C=O) groups excluding carboxylic acids is 1. The lowest BCUT2D eigenvalue weighted by Crippen LogP contribution is -2.48. The van der Waals surface area contributed by atoms with Gasteiger partial charge in [-0.05, 0) is 37.5 Å². The number of hydrogen-bond acceptors (Lipinski definition) is 4. The lowest BCUT2D eigenvalue weighted by Gasteiger charge is -2.32. The minimum atomic E-state index is 0. The van der Waals surface area contributed by atoms with Crippen LogP contribution < -0.4 is 10.6 Å². The summed E-state index contributed by atoms with van der Waals surface area (Å²) in [4.78, 5) is 20.4. The third-order valence-corrected chi connectivity index (χ3v) is 5.75. The van der Waals surface area contributed by atoms with Crippen molar-refractivity contribution in [2.75, 3.05) is 60.0 Å². The van der Waals surface area contributed by atoms with E-state index in [1.54, 1.807) is 19.0 Å². The number of guanidine groups is 1. The summed E-state index contributed by atoms with van der Waals surface area (Å²) in [6.07, 6.45) is 4.89. The standard InChI is InChI=1S/C20H39N5O2.HI/c1-16(2)17-5-7-18(8-6-17)23-20(22-15-19(26)24(3)4)21-9-10-25-11-13-27-14-12-25;/h16-18H,5-15H2,1-4H3,(H2,21,22,23);1H. The molecule has 1 aliphatic carbocycles. The zero-order valence-corrected chi connectivity index (χ0v) is 20.4. The molecule has 1 heterocycles. The summed E-state index contributed by atoms with van der Waals surface area (Å²) in [6, 6.07) is 0.448. The maximum Gasteiger partial charge on any atom is 0.243 e. The summed E-state index contributed by atoms with van der Waals surface area (Å²) in [7, 11) is 3.54. The maximum atomic E-state index is 11.9. The van der Waals surface area contributed by atoms with Crippen LogP contribution in [0.3, 0.4) is 0 Å². The molecule has 7 nitrogen and oxygen atoms in total. The fraction of sp³-hybridized carbons (Fsp3) is 0.900. The van der Waals surface area contributed by atoms with Gasteiger partial charge in [0.15, 0.2) is 5.96 Å². The molecule has 2 rings (SSSR count). The van der Waals surface area contributed by atoms with E-state index < -0.39 is 0 Å². The number of rotatable bonds is 7. The minimum absolute atomic E-state index is 0. The van der Waals surface area contributed by atoms with Crippen LogP contribution in [0.2, 0.25) is 0 Å². The Labute approximate surface area is 188 Å². The average Bonchev–Trinajstić information content (AvgIpc) is 2.66. The maximum absolute atomic E-state index is 11.9. The summed E-state index contributed by atoms with van der Waals surface area (Å²) < 4.78 is 5.40. The van der Waals surface area contributed by atoms with E-state index in [1.165, 1.54) is 25.7 Å². The first-order valence-electron chi connectivity index (χ1n) is 10.5. The highest BCUT2D eigenvalue weighted by Crippen LogP contribution is 2.29. The number of hydrogen-bond donors (Lipinski definition) is 2. The second-order valence-electron chi connectivity index (χ2n) is 8.33. The predicted octanol–water partition coefficient (Wildman–Crippen LogP) is 1.77. The Kier molecular flexibility index (Phi) is 12.3. The van der Waals surface area contributed by atoms with Crippen molar-refractivity contribution >= 4 is 35.8 Å². The number of nitrogens with one attached hydrogen (secondary N) is 2. The Morgan fingerprint density at radius 1 is 1.18 bits per heavy atom. The van der Waals surface area contributed by atoms with Crippen LogP contribution in [0.25, 0.3) is 0 Å². The van der Waals surface area contributed by atoms with Crippen molar-refractivity contribution in [3.05, 3.63) is 0 Å². The van der Waals surface area contributed by atoms with E-state index in [9.17, 15) is 4.79 Å². The molecular weight excluding hydrogens is 469 g/mol. The molecule has 1 saturated heterocycles. The lowest BCUT2D eigenvalue weighted by molar-refractivity contribution is -0.127. The number of carbonyl (C=O) groups is 1. The average molecular weight is 509 g/mol. The zero-order chi connectivity index (χ0) is 19.6. The summed E-state index contributed by atoms with van der Waals surface area (Å²) >= 11 is 0. The molecular formula is C20H40IN5O2. The molecule has 0 atom stereocenters. The van der Waals surface area contributed by atoms with E-state index in [2.05, 4.69) is 34.4 Å². The first-order valence-corrected chi connectivity index (χ1v) is 10.5. The summed E-state index contributed by atoms with van der Waals surface area (Å²) in [5.41, 5.74) is 0. The molecule has 2 N–H and O–H groups in total. The first kappa shape index (κ1) is 25.4. The normalized spacial score (nSPS) is 23.8. The molecule has 0 bridgehead atoms. The van der Waals surface area contributed by atoms with Gasteiger partial charge in [0.1, 0.15) is 6.54 Å². The summed E-state index contributed by atoms with van der Waals surface area (Å²) in [5.74, 6) is 2.40. The van der Waals surface area contributed by atoms with E-state index in [0.717, 1.165) is 57.2 Å². The van der Waals surface area contributed by atoms with Gasteiger partial charge in [-0.25, -0.2) is 4.99 Å². The predicted molar refractivity (Wildman–Crippen MR) is 125 cm³/mol. The Morgan fingerprint density at radius 2 is 1.82 bits per heavy atom. The second kappa shape index (κ2) is 13.6. The number of amides is 1. The first-order chi connectivity index (χ1) is 13.0. The van der Waals surface area contributed by atoms with Crippen LogP contribution in [-0.2, 0) is 9.53 Å². The molecule has 0 aromatic heterocycles. The molecule has 0 spiro atoms. The lowest BCUT2D eigenvalue weighted by atomic mass is 9.80. The molecule has 0 aromatic rings. The molecule has 164 valence electrons. The molecule has 1 saturated carbocycles. The van der Waals surface area contributed by atoms with Crippen LogP contribution in [0, 0.1) is 11.8 Å². The van der Waals surface area contributed by atoms with Crippen molar-refractivity contribution in [1.29, 1.82) is 0 Å². The van der Waals surface area contributed by atoms with Crippen molar-refractivity contribution in [3.8, 4) is 0 Å². The Bertz CT molecular complexity index is 473. The number of morpholine rings is 1. The SMILES string of the molecule is CC(C)C1CCC(NC(=NCC(=O)N(C)C)NCCN2CCOCC2)CC1.I. The molecule has 2 fully saturated rings. The van der Waals surface area contributed by atoms with Gasteiger partial charge in [-0.1, -0.05) is 13.8 Å². The van der Waals surface area contributed by atoms with E-state index in [0.29, 0.717) is 6.04 Å². The number of nitrogens with zero attached hydrogens (tertiary/aromatic N) is 3. The van der Waals surface area contributed by atoms with Crippen LogP contribution in [0.1, 0.15) is 39.5 Å². The molecule has 1 amide bonds. The van der Waals surface area contributed by atoms with Gasteiger partial charge >= 0.3 is 0 Å². The molecule has 28 heavy (non-hydrogen) atoms. The zero-order valence-electron chi connectivity index (χ0n) is 18.1. The van der Waals surface area contributed by atoms with Gasteiger partial charge in [0, 0.05) is 46.3 Å². The van der Waals surface area contributed by atoms with Crippen LogP contribution in [0.4, 0.5) is 0 Å². The van der Waals surface area contributed by atoms with E-state index in [1.807, 2.05) is 0 Å². The summed E-state index contributed by atoms with van der Waals surface area (Å²) in [5, 5.41) is 7.00. The quantitative estimate of drug-likeness (QED) is 0.311. The topological polar surface area (TPSA) is 69.2 Å². The summed E-state index contributed by atoms with van der Waals surface area (Å²) in [6.45, 7) is 10.2. The van der Waals surface area contributed by atoms with E-state index in [4.69, 9.17) is 4.74 Å². The van der Waals surface area contributed by atoms with Crippen molar-refractivity contribution in [2.24, 2.45) is 16.8 Å². The molecule has 0 aromatic carbocycles. The molecule has 0 radical (unpaired) electrons. The smallest absolute Gasteiger partial charge is 0.243 e. The third-order valence-electron chi connectivity index (χ3n) is 5.75. The van der Waals surface area contributed by atoms with Gasteiger partial charge in [0.2, 0.25) is 5.91 Å². The van der Waals surface area contributed by atoms with Crippen molar-refractivity contribution in [3.63, 3.8) is 0 Å². The van der Waals surface area contributed by atoms with Gasteiger partial charge in [-0.15, -0.1) is 24.0 Å². The van der Waals surface area contributed by atoms with Gasteiger partial charge in [-0.3, -0.25) is 9.69 Å². The van der Waals surface area contributed by atoms with Crippen LogP contribution >= 0.6 is 24.0 Å². The van der Waals surface area contributed by atoms with Crippen LogP contribution in [-0.4, -0.2) is 87.7 Å². The van der Waals surface area contributed by atoms with Crippen LogP contribution in [0.15, 0.2) is 4.99 Å². The van der Waals surface area contributed by atoms with E-state index in [-0.39, 0.29) is 36.4 Å². The fourth-order valence-corrected chi connectivity index (χ4v) is 3.72. The third kappa shape index (κ3) is 9.26. The van der Waals surface area contributed by atoms with Gasteiger partial charge in [0.05, 0.1) is 13.2 Å². The highest BCUT2D eigenvalue weighted by Gasteiger charge is 2.24.